The standard InChI is InChI=1S/C10H17N3OS/c1-2-3-11-6-9-7-12-10(13-8-9)15-5-4-14/h7-8,11,14H,2-6H2,1H3. The lowest BCUT2D eigenvalue weighted by Gasteiger charge is -2.03. The summed E-state index contributed by atoms with van der Waals surface area (Å²) in [6.07, 6.45) is 4.79. The average molecular weight is 227 g/mol. The number of aliphatic hydroxyl groups excluding tert-OH is 1. The minimum Gasteiger partial charge on any atom is -0.396 e. The van der Waals surface area contributed by atoms with Crippen LogP contribution in [0.1, 0.15) is 18.9 Å². The van der Waals surface area contributed by atoms with E-state index in [4.69, 9.17) is 5.11 Å². The van der Waals surface area contributed by atoms with E-state index in [1.54, 1.807) is 0 Å². The van der Waals surface area contributed by atoms with Crippen LogP contribution in [0.5, 0.6) is 0 Å². The lowest BCUT2D eigenvalue weighted by molar-refractivity contribution is 0.322. The van der Waals surface area contributed by atoms with E-state index >= 15 is 0 Å². The molecule has 84 valence electrons. The third kappa shape index (κ3) is 5.11. The van der Waals surface area contributed by atoms with Crippen LogP contribution in [-0.2, 0) is 6.54 Å². The monoisotopic (exact) mass is 227 g/mol. The average Bonchev–Trinajstić information content (AvgIpc) is 2.28. The molecule has 0 aliphatic heterocycles. The Morgan fingerprint density at radius 1 is 1.40 bits per heavy atom. The first-order chi connectivity index (χ1) is 7.36. The first-order valence-corrected chi connectivity index (χ1v) is 6.10. The molecule has 0 unspecified atom stereocenters. The van der Waals surface area contributed by atoms with E-state index in [0.717, 1.165) is 30.2 Å². The molecule has 0 aliphatic carbocycles. The Hall–Kier alpha value is -0.650. The third-order valence-corrected chi connectivity index (χ3v) is 2.62. The molecule has 2 N–H and O–H groups in total. The highest BCUT2D eigenvalue weighted by molar-refractivity contribution is 7.99. The Morgan fingerprint density at radius 2 is 2.13 bits per heavy atom. The quantitative estimate of drug-likeness (QED) is 0.414. The van der Waals surface area contributed by atoms with Crippen molar-refractivity contribution in [3.63, 3.8) is 0 Å². The number of rotatable bonds is 7. The fraction of sp³-hybridized carbons (Fsp3) is 0.600. The molecule has 0 aromatic carbocycles. The predicted octanol–water partition coefficient (Wildman–Crippen LogP) is 1.06. The number of thioether (sulfide) groups is 1. The number of nitrogens with zero attached hydrogens (tertiary/aromatic N) is 2. The van der Waals surface area contributed by atoms with E-state index in [0.29, 0.717) is 5.75 Å². The molecule has 0 saturated heterocycles. The predicted molar refractivity (Wildman–Crippen MR) is 61.8 cm³/mol. The molecular formula is C10H17N3OS. The van der Waals surface area contributed by atoms with Gasteiger partial charge in [0, 0.05) is 30.3 Å². The molecule has 1 aromatic rings. The Labute approximate surface area is 94.5 Å². The molecule has 0 aliphatic rings. The number of nitrogens with one attached hydrogen (secondary N) is 1. The topological polar surface area (TPSA) is 58.0 Å². The first-order valence-electron chi connectivity index (χ1n) is 5.12. The maximum absolute atomic E-state index is 8.64. The fourth-order valence-electron chi connectivity index (χ4n) is 1.06. The molecule has 0 amide bonds. The third-order valence-electron chi connectivity index (χ3n) is 1.76. The van der Waals surface area contributed by atoms with Crippen molar-refractivity contribution in [3.8, 4) is 0 Å². The van der Waals surface area contributed by atoms with Crippen molar-refractivity contribution in [2.75, 3.05) is 18.9 Å². The zero-order valence-electron chi connectivity index (χ0n) is 8.94. The Balaban J connectivity index is 2.35. The molecule has 1 rings (SSSR count). The smallest absolute Gasteiger partial charge is 0.187 e. The minimum absolute atomic E-state index is 0.161. The SMILES string of the molecule is CCCNCc1cnc(SCCO)nc1. The number of hydrogen-bond acceptors (Lipinski definition) is 5. The van der Waals surface area contributed by atoms with Crippen LogP contribution in [0.15, 0.2) is 17.6 Å². The molecule has 0 fully saturated rings. The van der Waals surface area contributed by atoms with Crippen molar-refractivity contribution < 1.29 is 5.11 Å². The molecule has 1 aromatic heterocycles. The van der Waals surface area contributed by atoms with Crippen LogP contribution >= 0.6 is 11.8 Å². The van der Waals surface area contributed by atoms with Crippen LogP contribution < -0.4 is 5.32 Å². The Morgan fingerprint density at radius 3 is 2.73 bits per heavy atom. The largest absolute Gasteiger partial charge is 0.396 e. The van der Waals surface area contributed by atoms with Crippen LogP contribution in [0, 0.1) is 0 Å². The van der Waals surface area contributed by atoms with Gasteiger partial charge in [0.15, 0.2) is 5.16 Å². The maximum Gasteiger partial charge on any atom is 0.187 e. The van der Waals surface area contributed by atoms with Gasteiger partial charge in [-0.15, -0.1) is 0 Å². The molecular weight excluding hydrogens is 210 g/mol. The lowest BCUT2D eigenvalue weighted by atomic mass is 10.3. The van der Waals surface area contributed by atoms with E-state index in [2.05, 4.69) is 22.2 Å². The summed E-state index contributed by atoms with van der Waals surface area (Å²) >= 11 is 1.46. The van der Waals surface area contributed by atoms with E-state index in [1.807, 2.05) is 12.4 Å². The van der Waals surface area contributed by atoms with Gasteiger partial charge in [-0.25, -0.2) is 9.97 Å². The molecule has 0 bridgehead atoms. The minimum atomic E-state index is 0.161. The fourth-order valence-corrected chi connectivity index (χ4v) is 1.58. The van der Waals surface area contributed by atoms with Crippen LogP contribution in [0.25, 0.3) is 0 Å². The second-order valence-electron chi connectivity index (χ2n) is 3.12. The summed E-state index contributed by atoms with van der Waals surface area (Å²) in [7, 11) is 0. The van der Waals surface area contributed by atoms with Gasteiger partial charge < -0.3 is 10.4 Å². The molecule has 1 heterocycles. The second kappa shape index (κ2) is 7.62. The van der Waals surface area contributed by atoms with E-state index in [-0.39, 0.29) is 6.61 Å². The maximum atomic E-state index is 8.64. The lowest BCUT2D eigenvalue weighted by Crippen LogP contribution is -2.14. The molecule has 0 atom stereocenters. The van der Waals surface area contributed by atoms with Crippen molar-refractivity contribution in [2.24, 2.45) is 0 Å². The highest BCUT2D eigenvalue weighted by atomic mass is 32.2. The normalized spacial score (nSPS) is 10.5. The Kier molecular flexibility index (Phi) is 6.31. The number of aliphatic hydroxyl groups is 1. The summed E-state index contributed by atoms with van der Waals surface area (Å²) in [5.41, 5.74) is 1.09. The van der Waals surface area contributed by atoms with E-state index in [1.165, 1.54) is 11.8 Å². The van der Waals surface area contributed by atoms with Gasteiger partial charge in [-0.1, -0.05) is 18.7 Å². The zero-order valence-corrected chi connectivity index (χ0v) is 9.76. The molecule has 15 heavy (non-hydrogen) atoms. The van der Waals surface area contributed by atoms with Crippen molar-refractivity contribution in [2.45, 2.75) is 25.0 Å². The molecule has 5 heteroatoms. The van der Waals surface area contributed by atoms with Crippen LogP contribution in [-0.4, -0.2) is 34.0 Å². The number of hydrogen-bond donors (Lipinski definition) is 2. The van der Waals surface area contributed by atoms with Gasteiger partial charge in [-0.05, 0) is 13.0 Å². The second-order valence-corrected chi connectivity index (χ2v) is 4.18. The van der Waals surface area contributed by atoms with Gasteiger partial charge in [0.1, 0.15) is 0 Å². The zero-order chi connectivity index (χ0) is 10.9. The van der Waals surface area contributed by atoms with Gasteiger partial charge in [0.2, 0.25) is 0 Å². The van der Waals surface area contributed by atoms with Crippen molar-refractivity contribution in [1.29, 1.82) is 0 Å². The Bertz CT molecular complexity index is 266. The van der Waals surface area contributed by atoms with Gasteiger partial charge in [0.25, 0.3) is 0 Å². The summed E-state index contributed by atoms with van der Waals surface area (Å²) in [4.78, 5) is 8.39. The van der Waals surface area contributed by atoms with Crippen molar-refractivity contribution >= 4 is 11.8 Å². The summed E-state index contributed by atoms with van der Waals surface area (Å²) in [6.45, 7) is 4.13. The molecule has 0 radical (unpaired) electrons. The van der Waals surface area contributed by atoms with Gasteiger partial charge in [0.05, 0.1) is 6.61 Å². The van der Waals surface area contributed by atoms with E-state index in [9.17, 15) is 0 Å². The molecule has 4 nitrogen and oxygen atoms in total. The highest BCUT2D eigenvalue weighted by Gasteiger charge is 1.97. The first kappa shape index (κ1) is 12.4. The van der Waals surface area contributed by atoms with Gasteiger partial charge in [-0.3, -0.25) is 0 Å². The number of aromatic nitrogens is 2. The summed E-state index contributed by atoms with van der Waals surface area (Å²) < 4.78 is 0. The van der Waals surface area contributed by atoms with E-state index < -0.39 is 0 Å². The van der Waals surface area contributed by atoms with Gasteiger partial charge >= 0.3 is 0 Å². The van der Waals surface area contributed by atoms with Gasteiger partial charge in [-0.2, -0.15) is 0 Å². The van der Waals surface area contributed by atoms with Crippen molar-refractivity contribution in [3.05, 3.63) is 18.0 Å². The highest BCUT2D eigenvalue weighted by Crippen LogP contribution is 2.10. The molecule has 0 spiro atoms. The van der Waals surface area contributed by atoms with Crippen LogP contribution in [0.2, 0.25) is 0 Å². The summed E-state index contributed by atoms with van der Waals surface area (Å²) in [5.74, 6) is 0.646. The summed E-state index contributed by atoms with van der Waals surface area (Å²) in [6, 6.07) is 0. The molecule has 0 saturated carbocycles. The van der Waals surface area contributed by atoms with Crippen molar-refractivity contribution in [1.82, 2.24) is 15.3 Å². The van der Waals surface area contributed by atoms with Crippen LogP contribution in [0.4, 0.5) is 0 Å². The summed E-state index contributed by atoms with van der Waals surface area (Å²) in [5, 5.41) is 12.7. The van der Waals surface area contributed by atoms with Crippen LogP contribution in [0.3, 0.4) is 0 Å².